The number of phosphoric ester groups is 1. The third-order valence-corrected chi connectivity index (χ3v) is 1.55. The Morgan fingerprint density at radius 2 is 2.00 bits per heavy atom. The zero-order valence-corrected chi connectivity index (χ0v) is 7.29. The highest BCUT2D eigenvalue weighted by Crippen LogP contribution is 2.37. The van der Waals surface area contributed by atoms with Crippen LogP contribution in [0.5, 0.6) is 0 Å². The smallest absolute Gasteiger partial charge is 0.471 e. The summed E-state index contributed by atoms with van der Waals surface area (Å²) in [6.07, 6.45) is -2.49. The Bertz CT molecular complexity index is 225. The van der Waals surface area contributed by atoms with Gasteiger partial charge in [0.05, 0.1) is 0 Å². The van der Waals surface area contributed by atoms with Crippen LogP contribution in [0.15, 0.2) is 0 Å². The lowest BCUT2D eigenvalue weighted by atomic mass is 10.2. The summed E-state index contributed by atoms with van der Waals surface area (Å²) < 4.78 is 13.9. The normalized spacial score (nSPS) is 16.6. The van der Waals surface area contributed by atoms with Gasteiger partial charge in [-0.2, -0.15) is 0 Å². The zero-order valence-electron chi connectivity index (χ0n) is 6.40. The maximum Gasteiger partial charge on any atom is 0.471 e. The van der Waals surface area contributed by atoms with Crippen LogP contribution in [0, 0.1) is 0 Å². The summed E-state index contributed by atoms with van der Waals surface area (Å²) in [4.78, 5) is 26.5. The molecule has 0 saturated carbocycles. The molecule has 0 heterocycles. The maximum atomic E-state index is 10.1. The highest BCUT2D eigenvalue weighted by atomic mass is 31.2. The van der Waals surface area contributed by atoms with Crippen molar-refractivity contribution < 1.29 is 33.9 Å². The lowest BCUT2D eigenvalue weighted by Gasteiger charge is -2.14. The highest BCUT2D eigenvalue weighted by molar-refractivity contribution is 7.46. The van der Waals surface area contributed by atoms with Gasteiger partial charge < -0.3 is 25.7 Å². The molecule has 8 nitrogen and oxygen atoms in total. The number of aliphatic hydroxyl groups is 1. The number of carboxylic acid groups (broad SMARTS) is 1. The van der Waals surface area contributed by atoms with E-state index < -0.39 is 32.5 Å². The Hall–Kier alpha value is -0.500. The van der Waals surface area contributed by atoms with Crippen molar-refractivity contribution in [1.82, 2.24) is 0 Å². The van der Waals surface area contributed by atoms with E-state index in [1.54, 1.807) is 0 Å². The van der Waals surface area contributed by atoms with Crippen molar-refractivity contribution in [2.75, 3.05) is 0 Å². The van der Waals surface area contributed by atoms with Crippen LogP contribution in [0.25, 0.3) is 0 Å². The predicted octanol–water partition coefficient (Wildman–Crippen LogP) is -1.78. The molecule has 0 amide bonds. The van der Waals surface area contributed by atoms with E-state index in [9.17, 15) is 9.36 Å². The lowest BCUT2D eigenvalue weighted by molar-refractivity contribution is -0.141. The second kappa shape index (κ2) is 4.66. The van der Waals surface area contributed by atoms with Gasteiger partial charge in [0.2, 0.25) is 0 Å². The molecule has 0 aliphatic carbocycles. The van der Waals surface area contributed by atoms with Crippen molar-refractivity contribution in [3.05, 3.63) is 0 Å². The number of carboxylic acids is 1. The molecular formula is C4H10NO7P. The first kappa shape index (κ1) is 12.5. The summed E-state index contributed by atoms with van der Waals surface area (Å²) in [6, 6.07) is -1.43. The molecular weight excluding hydrogens is 205 g/mol. The number of carbonyl (C=O) groups is 1. The van der Waals surface area contributed by atoms with Gasteiger partial charge in [-0.05, 0) is 0 Å². The van der Waals surface area contributed by atoms with Gasteiger partial charge in [0.1, 0.15) is 6.04 Å². The van der Waals surface area contributed by atoms with Gasteiger partial charge in [0.25, 0.3) is 0 Å². The largest absolute Gasteiger partial charge is 0.480 e. The van der Waals surface area contributed by atoms with Gasteiger partial charge in [-0.25, -0.2) is 4.57 Å². The highest BCUT2D eigenvalue weighted by Gasteiger charge is 2.24. The Kier molecular flexibility index (Phi) is 4.48. The minimum absolute atomic E-state index is 0.597. The molecule has 1 unspecified atom stereocenters. The molecule has 0 spiro atoms. The summed E-state index contributed by atoms with van der Waals surface area (Å²) >= 11 is 0. The van der Waals surface area contributed by atoms with E-state index in [-0.39, 0.29) is 0 Å². The number of hydrogen-bond acceptors (Lipinski definition) is 5. The third-order valence-electron chi connectivity index (χ3n) is 1.03. The summed E-state index contributed by atoms with van der Waals surface area (Å²) in [5, 5.41) is 17.0. The predicted molar refractivity (Wildman–Crippen MR) is 39.4 cm³/mol. The molecule has 0 aromatic carbocycles. The zero-order chi connectivity index (χ0) is 10.6. The Labute approximate surface area is 73.2 Å². The van der Waals surface area contributed by atoms with E-state index in [1.165, 1.54) is 0 Å². The van der Waals surface area contributed by atoms with Crippen LogP contribution in [0.2, 0.25) is 0 Å². The summed E-state index contributed by atoms with van der Waals surface area (Å²) in [6.45, 7) is 0. The molecule has 0 rings (SSSR count). The van der Waals surface area contributed by atoms with Crippen molar-refractivity contribution in [3.63, 3.8) is 0 Å². The minimum atomic E-state index is -4.81. The molecule has 9 heteroatoms. The van der Waals surface area contributed by atoms with Crippen molar-refractivity contribution in [2.24, 2.45) is 5.73 Å². The van der Waals surface area contributed by atoms with E-state index >= 15 is 0 Å². The van der Waals surface area contributed by atoms with Gasteiger partial charge in [-0.3, -0.25) is 9.32 Å². The van der Waals surface area contributed by atoms with Crippen LogP contribution in [-0.4, -0.2) is 38.3 Å². The Morgan fingerprint density at radius 1 is 1.54 bits per heavy atom. The Morgan fingerprint density at radius 3 is 2.31 bits per heavy atom. The monoisotopic (exact) mass is 215 g/mol. The van der Waals surface area contributed by atoms with Crippen LogP contribution in [0.4, 0.5) is 0 Å². The van der Waals surface area contributed by atoms with Crippen LogP contribution in [0.1, 0.15) is 6.42 Å². The fourth-order valence-electron chi connectivity index (χ4n) is 0.520. The van der Waals surface area contributed by atoms with E-state index in [0.717, 1.165) is 0 Å². The van der Waals surface area contributed by atoms with E-state index in [4.69, 9.17) is 25.7 Å². The molecule has 0 fully saturated rings. The summed E-state index contributed by atoms with van der Waals surface area (Å²) in [5.41, 5.74) is 4.94. The number of rotatable bonds is 5. The van der Waals surface area contributed by atoms with Crippen molar-refractivity contribution in [2.45, 2.75) is 18.8 Å². The topological polar surface area (TPSA) is 150 Å². The van der Waals surface area contributed by atoms with Crippen molar-refractivity contribution in [1.29, 1.82) is 0 Å². The van der Waals surface area contributed by atoms with E-state index in [2.05, 4.69) is 4.52 Å². The summed E-state index contributed by atoms with van der Waals surface area (Å²) in [7, 11) is -4.81. The van der Waals surface area contributed by atoms with E-state index in [1.807, 2.05) is 0 Å². The Balaban J connectivity index is 3.95. The first-order chi connectivity index (χ1) is 5.72. The molecule has 0 aromatic heterocycles. The molecule has 0 aromatic rings. The standard InChI is InChI=1S/C4H10NO7P/c5-2(4(7)8)1-3(6)12-13(9,10)11/h2-3,6H,1,5H2,(H,7,8)(H2,9,10,11)/t2-,3?/m0/s1. The first-order valence-corrected chi connectivity index (χ1v) is 4.66. The lowest BCUT2D eigenvalue weighted by Crippen LogP contribution is -2.34. The molecule has 0 saturated heterocycles. The van der Waals surface area contributed by atoms with Gasteiger partial charge >= 0.3 is 13.8 Å². The number of aliphatic hydroxyl groups excluding tert-OH is 1. The molecule has 0 aliphatic rings. The van der Waals surface area contributed by atoms with E-state index in [0.29, 0.717) is 0 Å². The molecule has 13 heavy (non-hydrogen) atoms. The van der Waals surface area contributed by atoms with Crippen molar-refractivity contribution >= 4 is 13.8 Å². The first-order valence-electron chi connectivity index (χ1n) is 3.13. The van der Waals surface area contributed by atoms with Crippen LogP contribution >= 0.6 is 7.82 Å². The SMILES string of the molecule is N[C@@H](CC(O)OP(=O)(O)O)C(=O)O. The molecule has 0 aliphatic heterocycles. The van der Waals surface area contributed by atoms with Crippen molar-refractivity contribution in [3.8, 4) is 0 Å². The average molecular weight is 215 g/mol. The molecule has 0 bridgehead atoms. The molecule has 78 valence electrons. The summed E-state index contributed by atoms with van der Waals surface area (Å²) in [5.74, 6) is -1.40. The van der Waals surface area contributed by atoms with Gasteiger partial charge in [-0.15, -0.1) is 0 Å². The quantitative estimate of drug-likeness (QED) is 0.266. The van der Waals surface area contributed by atoms with Crippen LogP contribution in [-0.2, 0) is 13.9 Å². The van der Waals surface area contributed by atoms with Crippen LogP contribution < -0.4 is 5.73 Å². The number of aliphatic carboxylic acids is 1. The second-order valence-electron chi connectivity index (χ2n) is 2.23. The molecule has 0 radical (unpaired) electrons. The maximum absolute atomic E-state index is 10.1. The van der Waals surface area contributed by atoms with Crippen LogP contribution in [0.3, 0.4) is 0 Å². The van der Waals surface area contributed by atoms with Gasteiger partial charge in [0, 0.05) is 6.42 Å². The van der Waals surface area contributed by atoms with Gasteiger partial charge in [0.15, 0.2) is 6.29 Å². The fraction of sp³-hybridized carbons (Fsp3) is 0.750. The second-order valence-corrected chi connectivity index (χ2v) is 3.42. The molecule has 6 N–H and O–H groups in total. The average Bonchev–Trinajstić information content (AvgIpc) is 1.81. The third kappa shape index (κ3) is 6.64. The molecule has 2 atom stereocenters. The number of nitrogens with two attached hydrogens (primary N) is 1. The fourth-order valence-corrected chi connectivity index (χ4v) is 0.923. The minimum Gasteiger partial charge on any atom is -0.480 e. The van der Waals surface area contributed by atoms with Gasteiger partial charge in [-0.1, -0.05) is 0 Å². The number of phosphoric acid groups is 1. The number of hydrogen-bond donors (Lipinski definition) is 5.